The Labute approximate surface area is 147 Å². The van der Waals surface area contributed by atoms with Crippen molar-refractivity contribution in [3.8, 4) is 0 Å². The second kappa shape index (κ2) is 6.69. The van der Waals surface area contributed by atoms with Crippen LogP contribution in [0.4, 0.5) is 4.39 Å². The number of carbonyl (C=O) groups excluding carboxylic acids is 1. The van der Waals surface area contributed by atoms with Gasteiger partial charge in [-0.1, -0.05) is 0 Å². The van der Waals surface area contributed by atoms with Gasteiger partial charge in [-0.25, -0.2) is 9.37 Å². The van der Waals surface area contributed by atoms with E-state index in [1.54, 1.807) is 13.1 Å². The first kappa shape index (κ1) is 17.8. The molecule has 1 atom stereocenters. The van der Waals surface area contributed by atoms with Crippen molar-refractivity contribution in [2.45, 2.75) is 64.1 Å². The number of alkyl halides is 1. The van der Waals surface area contributed by atoms with E-state index in [4.69, 9.17) is 10.8 Å². The summed E-state index contributed by atoms with van der Waals surface area (Å²) in [6.45, 7) is 3.47. The number of imidazole rings is 1. The second-order valence-electron chi connectivity index (χ2n) is 7.69. The number of H-pyrrole nitrogens is 1. The maximum Gasteiger partial charge on any atom is 0.271 e. The van der Waals surface area contributed by atoms with Crippen LogP contribution in [0, 0.1) is 29.6 Å². The van der Waals surface area contributed by atoms with Crippen LogP contribution in [0.25, 0.3) is 0 Å². The molecular formula is C18H26FN5O. The number of nitrogens with zero attached hydrogens (tertiary/aromatic N) is 1. The fraction of sp³-hybridized carbons (Fsp3) is 0.667. The number of rotatable bonds is 6. The topological polar surface area (TPSA) is 105 Å². The van der Waals surface area contributed by atoms with E-state index in [1.807, 2.05) is 6.92 Å². The molecule has 4 N–H and O–H groups in total. The van der Waals surface area contributed by atoms with E-state index in [0.29, 0.717) is 25.7 Å². The van der Waals surface area contributed by atoms with Gasteiger partial charge in [0.15, 0.2) is 0 Å². The van der Waals surface area contributed by atoms with Crippen molar-refractivity contribution in [1.29, 1.82) is 10.8 Å². The van der Waals surface area contributed by atoms with Crippen molar-refractivity contribution < 1.29 is 9.18 Å². The van der Waals surface area contributed by atoms with Gasteiger partial charge in [-0.2, -0.15) is 0 Å². The van der Waals surface area contributed by atoms with Crippen LogP contribution in [-0.4, -0.2) is 33.0 Å². The molecule has 3 rings (SSSR count). The standard InChI is InChI=1S/C18H26FN5O/c1-10-22-9-13(23-10)16(12-5-7-18(2,19)8-6-12)24-17(25)15(21)14(20)11-3-4-11/h9,11-12,16,20-21H,3-8H2,1-2H3,(H,22,23)(H,24,25). The first-order valence-corrected chi connectivity index (χ1v) is 8.95. The molecule has 7 heteroatoms. The molecule has 25 heavy (non-hydrogen) atoms. The molecule has 1 unspecified atom stereocenters. The van der Waals surface area contributed by atoms with Gasteiger partial charge in [0.25, 0.3) is 5.91 Å². The molecule has 0 aliphatic heterocycles. The van der Waals surface area contributed by atoms with E-state index in [2.05, 4.69) is 15.3 Å². The smallest absolute Gasteiger partial charge is 0.271 e. The summed E-state index contributed by atoms with van der Waals surface area (Å²) in [5.41, 5.74) is -0.494. The van der Waals surface area contributed by atoms with Crippen LogP contribution in [0.5, 0.6) is 0 Å². The zero-order valence-corrected chi connectivity index (χ0v) is 14.8. The van der Waals surface area contributed by atoms with Crippen molar-refractivity contribution in [1.82, 2.24) is 15.3 Å². The van der Waals surface area contributed by atoms with Crippen molar-refractivity contribution in [3.05, 3.63) is 17.7 Å². The number of halogens is 1. The van der Waals surface area contributed by atoms with Gasteiger partial charge < -0.3 is 15.7 Å². The fourth-order valence-corrected chi connectivity index (χ4v) is 3.53. The maximum atomic E-state index is 14.1. The Kier molecular flexibility index (Phi) is 4.75. The molecule has 0 radical (unpaired) electrons. The molecule has 1 aromatic heterocycles. The minimum Gasteiger partial charge on any atom is -0.344 e. The monoisotopic (exact) mass is 347 g/mol. The zero-order chi connectivity index (χ0) is 18.2. The third-order valence-corrected chi connectivity index (χ3v) is 5.37. The molecule has 1 heterocycles. The summed E-state index contributed by atoms with van der Waals surface area (Å²) in [6, 6.07) is -0.336. The molecule has 2 aliphatic rings. The van der Waals surface area contributed by atoms with Crippen LogP contribution < -0.4 is 5.32 Å². The largest absolute Gasteiger partial charge is 0.344 e. The minimum atomic E-state index is -1.14. The van der Waals surface area contributed by atoms with Crippen molar-refractivity contribution in [2.24, 2.45) is 11.8 Å². The van der Waals surface area contributed by atoms with Gasteiger partial charge in [0.05, 0.1) is 23.6 Å². The predicted octanol–water partition coefficient (Wildman–Crippen LogP) is 3.24. The van der Waals surface area contributed by atoms with Crippen LogP contribution in [-0.2, 0) is 4.79 Å². The van der Waals surface area contributed by atoms with Crippen LogP contribution in [0.2, 0.25) is 0 Å². The molecular weight excluding hydrogens is 321 g/mol. The first-order valence-electron chi connectivity index (χ1n) is 8.95. The van der Waals surface area contributed by atoms with Gasteiger partial charge in [0, 0.05) is 5.92 Å². The Morgan fingerprint density at radius 2 is 2.00 bits per heavy atom. The van der Waals surface area contributed by atoms with Crippen LogP contribution in [0.15, 0.2) is 6.20 Å². The minimum absolute atomic E-state index is 0.0630. The van der Waals surface area contributed by atoms with Crippen LogP contribution in [0.3, 0.4) is 0 Å². The molecule has 2 fully saturated rings. The molecule has 0 bridgehead atoms. The quantitative estimate of drug-likeness (QED) is 0.593. The van der Waals surface area contributed by atoms with Gasteiger partial charge in [-0.05, 0) is 58.3 Å². The van der Waals surface area contributed by atoms with Crippen molar-refractivity contribution >= 4 is 17.3 Å². The average molecular weight is 347 g/mol. The van der Waals surface area contributed by atoms with E-state index in [-0.39, 0.29) is 29.3 Å². The second-order valence-corrected chi connectivity index (χ2v) is 7.69. The molecule has 1 amide bonds. The van der Waals surface area contributed by atoms with E-state index >= 15 is 0 Å². The van der Waals surface area contributed by atoms with E-state index in [1.165, 1.54) is 0 Å². The highest BCUT2D eigenvalue weighted by Crippen LogP contribution is 2.40. The molecule has 2 saturated carbocycles. The van der Waals surface area contributed by atoms with Gasteiger partial charge in [0.1, 0.15) is 17.2 Å². The van der Waals surface area contributed by atoms with Crippen molar-refractivity contribution in [3.63, 3.8) is 0 Å². The summed E-state index contributed by atoms with van der Waals surface area (Å²) in [5.74, 6) is 0.382. The molecule has 0 spiro atoms. The Bertz CT molecular complexity index is 681. The molecule has 0 saturated heterocycles. The number of aryl methyl sites for hydroxylation is 1. The fourth-order valence-electron chi connectivity index (χ4n) is 3.53. The predicted molar refractivity (Wildman–Crippen MR) is 93.9 cm³/mol. The third-order valence-electron chi connectivity index (χ3n) is 5.37. The Morgan fingerprint density at radius 3 is 2.52 bits per heavy atom. The maximum absolute atomic E-state index is 14.1. The van der Waals surface area contributed by atoms with E-state index < -0.39 is 11.6 Å². The first-order chi connectivity index (χ1) is 11.8. The summed E-state index contributed by atoms with van der Waals surface area (Å²) < 4.78 is 14.1. The summed E-state index contributed by atoms with van der Waals surface area (Å²) >= 11 is 0. The molecule has 0 aromatic carbocycles. The van der Waals surface area contributed by atoms with E-state index in [0.717, 1.165) is 24.4 Å². The molecule has 1 aromatic rings. The number of amides is 1. The van der Waals surface area contributed by atoms with Crippen LogP contribution >= 0.6 is 0 Å². The van der Waals surface area contributed by atoms with Crippen LogP contribution in [0.1, 0.15) is 63.0 Å². The Morgan fingerprint density at radius 1 is 1.36 bits per heavy atom. The molecule has 2 aliphatic carbocycles. The summed E-state index contributed by atoms with van der Waals surface area (Å²) in [4.78, 5) is 19.9. The lowest BCUT2D eigenvalue weighted by atomic mass is 9.77. The normalized spacial score (nSPS) is 27.6. The number of hydrogen-bond acceptors (Lipinski definition) is 4. The molecule has 136 valence electrons. The summed E-state index contributed by atoms with van der Waals surface area (Å²) in [7, 11) is 0. The lowest BCUT2D eigenvalue weighted by Gasteiger charge is -2.35. The summed E-state index contributed by atoms with van der Waals surface area (Å²) in [6.07, 6.45) is 5.73. The zero-order valence-electron chi connectivity index (χ0n) is 14.8. The number of hydrogen-bond donors (Lipinski definition) is 4. The Balaban J connectivity index is 1.73. The van der Waals surface area contributed by atoms with Gasteiger partial charge >= 0.3 is 0 Å². The van der Waals surface area contributed by atoms with Gasteiger partial charge in [-0.15, -0.1) is 0 Å². The SMILES string of the molecule is Cc1ncc(C(NC(=O)C(=N)C(=N)C2CC2)C2CCC(C)(F)CC2)[nH]1. The number of aromatic nitrogens is 2. The highest BCUT2D eigenvalue weighted by atomic mass is 19.1. The van der Waals surface area contributed by atoms with Crippen molar-refractivity contribution in [2.75, 3.05) is 0 Å². The van der Waals surface area contributed by atoms with Gasteiger partial charge in [-0.3, -0.25) is 10.2 Å². The highest BCUT2D eigenvalue weighted by molar-refractivity contribution is 6.65. The van der Waals surface area contributed by atoms with Gasteiger partial charge in [0.2, 0.25) is 0 Å². The van der Waals surface area contributed by atoms with E-state index in [9.17, 15) is 9.18 Å². The molecule has 6 nitrogen and oxygen atoms in total. The number of aromatic amines is 1. The highest BCUT2D eigenvalue weighted by Gasteiger charge is 2.37. The third kappa shape index (κ3) is 4.14. The summed E-state index contributed by atoms with van der Waals surface area (Å²) in [5, 5.41) is 18.8. The lowest BCUT2D eigenvalue weighted by Crippen LogP contribution is -2.42. The average Bonchev–Trinajstić information content (AvgIpc) is 3.33. The lowest BCUT2D eigenvalue weighted by molar-refractivity contribution is -0.116. The Hall–Kier alpha value is -2.05. The number of nitrogens with one attached hydrogen (secondary N) is 4. The number of carbonyl (C=O) groups is 1.